The standard InChI is InChI=1S/C12H21NO4/c1-9(11(13)14)7-5-6-8-10(15-2)12(16-3)17-4/h7H,5-6,8H2,1-4H3,(H2,13,14). The van der Waals surface area contributed by atoms with Crippen LogP contribution in [0.2, 0.25) is 0 Å². The summed E-state index contributed by atoms with van der Waals surface area (Å²) in [6.45, 7) is 1.70. The number of carbonyl (C=O) groups excluding carboxylic acids is 1. The second kappa shape index (κ2) is 8.50. The van der Waals surface area contributed by atoms with Crippen molar-refractivity contribution in [1.82, 2.24) is 0 Å². The maximum Gasteiger partial charge on any atom is 0.318 e. The molecule has 0 aromatic rings. The molecule has 0 radical (unpaired) electrons. The molecule has 0 aliphatic heterocycles. The number of allylic oxidation sites excluding steroid dienone is 2. The SMILES string of the molecule is COC(CCCC=C(C)C(N)=O)=C(OC)OC. The number of hydrogen-bond donors (Lipinski definition) is 1. The Labute approximate surface area is 102 Å². The van der Waals surface area contributed by atoms with E-state index < -0.39 is 0 Å². The van der Waals surface area contributed by atoms with E-state index in [1.165, 1.54) is 14.2 Å². The van der Waals surface area contributed by atoms with Gasteiger partial charge in [0, 0.05) is 12.0 Å². The van der Waals surface area contributed by atoms with Crippen LogP contribution in [0.4, 0.5) is 0 Å². The zero-order valence-corrected chi connectivity index (χ0v) is 10.9. The summed E-state index contributed by atoms with van der Waals surface area (Å²) in [5, 5.41) is 0. The molecule has 0 aliphatic rings. The predicted molar refractivity (Wildman–Crippen MR) is 64.9 cm³/mol. The predicted octanol–water partition coefficient (Wildman–Crippen LogP) is 1.70. The number of rotatable bonds is 8. The van der Waals surface area contributed by atoms with Gasteiger partial charge in [-0.15, -0.1) is 0 Å². The van der Waals surface area contributed by atoms with Gasteiger partial charge in [-0.05, 0) is 19.8 Å². The largest absolute Gasteiger partial charge is 0.494 e. The fraction of sp³-hybridized carbons (Fsp3) is 0.583. The van der Waals surface area contributed by atoms with Crippen molar-refractivity contribution in [3.63, 3.8) is 0 Å². The summed E-state index contributed by atoms with van der Waals surface area (Å²) >= 11 is 0. The Kier molecular flexibility index (Phi) is 7.67. The fourth-order valence-electron chi connectivity index (χ4n) is 1.28. The molecule has 5 nitrogen and oxygen atoms in total. The molecule has 0 saturated heterocycles. The van der Waals surface area contributed by atoms with Crippen molar-refractivity contribution in [2.45, 2.75) is 26.2 Å². The highest BCUT2D eigenvalue weighted by molar-refractivity contribution is 5.91. The van der Waals surface area contributed by atoms with Crippen molar-refractivity contribution in [3.05, 3.63) is 23.4 Å². The highest BCUT2D eigenvalue weighted by atomic mass is 16.7. The molecule has 0 heterocycles. The van der Waals surface area contributed by atoms with Crippen LogP contribution < -0.4 is 5.73 Å². The van der Waals surface area contributed by atoms with E-state index in [2.05, 4.69) is 0 Å². The molecule has 0 fully saturated rings. The van der Waals surface area contributed by atoms with Crippen LogP contribution in [0.15, 0.2) is 23.4 Å². The number of primary amides is 1. The average Bonchev–Trinajstić information content (AvgIpc) is 2.32. The first-order chi connectivity index (χ1) is 8.06. The van der Waals surface area contributed by atoms with E-state index in [-0.39, 0.29) is 5.91 Å². The molecule has 5 heteroatoms. The summed E-state index contributed by atoms with van der Waals surface area (Å²) in [5.41, 5.74) is 5.69. The number of nitrogens with two attached hydrogens (primary N) is 1. The van der Waals surface area contributed by atoms with Crippen molar-refractivity contribution >= 4 is 5.91 Å². The van der Waals surface area contributed by atoms with Gasteiger partial charge in [0.05, 0.1) is 21.3 Å². The van der Waals surface area contributed by atoms with Gasteiger partial charge in [-0.25, -0.2) is 0 Å². The van der Waals surface area contributed by atoms with Crippen LogP contribution in [0.3, 0.4) is 0 Å². The van der Waals surface area contributed by atoms with Crippen LogP contribution in [0.5, 0.6) is 0 Å². The van der Waals surface area contributed by atoms with Crippen LogP contribution in [-0.4, -0.2) is 27.2 Å². The third kappa shape index (κ3) is 5.85. The molecule has 0 spiro atoms. The van der Waals surface area contributed by atoms with Crippen molar-refractivity contribution < 1.29 is 19.0 Å². The first kappa shape index (κ1) is 15.3. The maximum absolute atomic E-state index is 10.8. The minimum atomic E-state index is -0.387. The molecule has 0 aliphatic carbocycles. The van der Waals surface area contributed by atoms with Gasteiger partial charge in [-0.3, -0.25) is 4.79 Å². The Bertz CT molecular complexity index is 302. The summed E-state index contributed by atoms with van der Waals surface area (Å²) in [6.07, 6.45) is 4.07. The smallest absolute Gasteiger partial charge is 0.318 e. The lowest BCUT2D eigenvalue weighted by molar-refractivity contribution is -0.114. The number of unbranched alkanes of at least 4 members (excludes halogenated alkanes) is 1. The molecule has 0 saturated carbocycles. The molecule has 0 bridgehead atoms. The second-order valence-electron chi connectivity index (χ2n) is 3.47. The minimum absolute atomic E-state index is 0.378. The highest BCUT2D eigenvalue weighted by Crippen LogP contribution is 2.15. The molecule has 0 aromatic heterocycles. The molecular formula is C12H21NO4. The molecule has 0 unspecified atom stereocenters. The molecular weight excluding hydrogens is 222 g/mol. The van der Waals surface area contributed by atoms with Gasteiger partial charge < -0.3 is 19.9 Å². The molecule has 0 aromatic carbocycles. The lowest BCUT2D eigenvalue weighted by Gasteiger charge is -2.10. The van der Waals surface area contributed by atoms with Crippen molar-refractivity contribution in [1.29, 1.82) is 0 Å². The summed E-state index contributed by atoms with van der Waals surface area (Å²) in [5.74, 6) is 0.644. The zero-order chi connectivity index (χ0) is 13.3. The number of methoxy groups -OCH3 is 3. The number of hydrogen-bond acceptors (Lipinski definition) is 4. The lowest BCUT2D eigenvalue weighted by atomic mass is 10.1. The zero-order valence-electron chi connectivity index (χ0n) is 10.9. The molecule has 17 heavy (non-hydrogen) atoms. The summed E-state index contributed by atoms with van der Waals surface area (Å²) in [7, 11) is 4.61. The van der Waals surface area contributed by atoms with E-state index in [0.717, 1.165) is 12.8 Å². The van der Waals surface area contributed by atoms with Crippen LogP contribution in [0, 0.1) is 0 Å². The molecule has 0 atom stereocenters. The van der Waals surface area contributed by atoms with Gasteiger partial charge in [-0.1, -0.05) is 6.08 Å². The van der Waals surface area contributed by atoms with E-state index in [0.29, 0.717) is 23.7 Å². The number of amides is 1. The van der Waals surface area contributed by atoms with E-state index in [4.69, 9.17) is 19.9 Å². The topological polar surface area (TPSA) is 70.8 Å². The second-order valence-corrected chi connectivity index (χ2v) is 3.47. The van der Waals surface area contributed by atoms with E-state index >= 15 is 0 Å². The monoisotopic (exact) mass is 243 g/mol. The number of carbonyl (C=O) groups is 1. The highest BCUT2D eigenvalue weighted by Gasteiger charge is 2.07. The van der Waals surface area contributed by atoms with Crippen LogP contribution in [-0.2, 0) is 19.0 Å². The Hall–Kier alpha value is -1.65. The average molecular weight is 243 g/mol. The van der Waals surface area contributed by atoms with E-state index in [9.17, 15) is 4.79 Å². The van der Waals surface area contributed by atoms with E-state index in [1.807, 2.05) is 6.08 Å². The van der Waals surface area contributed by atoms with Gasteiger partial charge in [0.2, 0.25) is 5.91 Å². The van der Waals surface area contributed by atoms with Crippen LogP contribution in [0.1, 0.15) is 26.2 Å². The van der Waals surface area contributed by atoms with Gasteiger partial charge in [-0.2, -0.15) is 0 Å². The van der Waals surface area contributed by atoms with Gasteiger partial charge in [0.1, 0.15) is 0 Å². The Balaban J connectivity index is 4.23. The quantitative estimate of drug-likeness (QED) is 0.400. The van der Waals surface area contributed by atoms with Crippen molar-refractivity contribution in [2.24, 2.45) is 5.73 Å². The van der Waals surface area contributed by atoms with Crippen molar-refractivity contribution in [2.75, 3.05) is 21.3 Å². The van der Waals surface area contributed by atoms with Crippen LogP contribution in [0.25, 0.3) is 0 Å². The summed E-state index contributed by atoms with van der Waals surface area (Å²) in [4.78, 5) is 10.8. The van der Waals surface area contributed by atoms with Gasteiger partial charge in [0.15, 0.2) is 5.76 Å². The summed E-state index contributed by atoms with van der Waals surface area (Å²) in [6, 6.07) is 0. The Morgan fingerprint density at radius 3 is 2.18 bits per heavy atom. The summed E-state index contributed by atoms with van der Waals surface area (Å²) < 4.78 is 15.2. The van der Waals surface area contributed by atoms with Gasteiger partial charge in [0.25, 0.3) is 0 Å². The molecule has 98 valence electrons. The lowest BCUT2D eigenvalue weighted by Crippen LogP contribution is -2.11. The van der Waals surface area contributed by atoms with E-state index in [1.54, 1.807) is 14.0 Å². The third-order valence-corrected chi connectivity index (χ3v) is 2.29. The first-order valence-electron chi connectivity index (χ1n) is 5.38. The molecule has 0 rings (SSSR count). The Morgan fingerprint density at radius 1 is 1.18 bits per heavy atom. The Morgan fingerprint density at radius 2 is 1.76 bits per heavy atom. The van der Waals surface area contributed by atoms with Gasteiger partial charge >= 0.3 is 5.95 Å². The normalized spacial score (nSPS) is 10.7. The van der Waals surface area contributed by atoms with Crippen molar-refractivity contribution in [3.8, 4) is 0 Å². The molecule has 1 amide bonds. The minimum Gasteiger partial charge on any atom is -0.494 e. The third-order valence-electron chi connectivity index (χ3n) is 2.29. The first-order valence-corrected chi connectivity index (χ1v) is 5.38. The molecule has 2 N–H and O–H groups in total. The number of ether oxygens (including phenoxy) is 3. The fourth-order valence-corrected chi connectivity index (χ4v) is 1.28. The maximum atomic E-state index is 10.8. The van der Waals surface area contributed by atoms with Crippen LogP contribution >= 0.6 is 0 Å².